The summed E-state index contributed by atoms with van der Waals surface area (Å²) in [7, 11) is 0. The van der Waals surface area contributed by atoms with Gasteiger partial charge in [-0.25, -0.2) is 4.39 Å². The van der Waals surface area contributed by atoms with Crippen LogP contribution in [0.25, 0.3) is 10.9 Å². The van der Waals surface area contributed by atoms with Crippen LogP contribution in [0.15, 0.2) is 48.7 Å². The van der Waals surface area contributed by atoms with E-state index in [0.717, 1.165) is 28.6 Å². The van der Waals surface area contributed by atoms with Crippen molar-refractivity contribution in [3.8, 4) is 0 Å². The summed E-state index contributed by atoms with van der Waals surface area (Å²) >= 11 is 0. The highest BCUT2D eigenvalue weighted by Crippen LogP contribution is 2.34. The molecular formula is C18H18FN3O. The monoisotopic (exact) mass is 311 g/mol. The first-order chi connectivity index (χ1) is 11.3. The first-order valence-electron chi connectivity index (χ1n) is 7.76. The van der Waals surface area contributed by atoms with Crippen molar-refractivity contribution < 1.29 is 9.13 Å². The molecule has 1 atom stereocenters. The molecule has 2 N–H and O–H groups in total. The molecule has 0 saturated carbocycles. The summed E-state index contributed by atoms with van der Waals surface area (Å²) in [5.74, 6) is -0.200. The van der Waals surface area contributed by atoms with Crippen molar-refractivity contribution in [1.82, 2.24) is 10.2 Å². The van der Waals surface area contributed by atoms with Crippen molar-refractivity contribution in [2.75, 3.05) is 25.1 Å². The van der Waals surface area contributed by atoms with Crippen LogP contribution < -0.4 is 5.32 Å². The number of rotatable bonds is 4. The number of hydrogen-bond donors (Lipinski definition) is 2. The zero-order valence-corrected chi connectivity index (χ0v) is 12.7. The van der Waals surface area contributed by atoms with Crippen LogP contribution in [-0.4, -0.2) is 30.0 Å². The number of aromatic nitrogens is 2. The number of ether oxygens (including phenoxy) is 1. The molecule has 0 amide bonds. The van der Waals surface area contributed by atoms with Gasteiger partial charge >= 0.3 is 0 Å². The van der Waals surface area contributed by atoms with E-state index in [4.69, 9.17) is 4.74 Å². The summed E-state index contributed by atoms with van der Waals surface area (Å²) in [6, 6.07) is 12.9. The quantitative estimate of drug-likeness (QED) is 0.775. The summed E-state index contributed by atoms with van der Waals surface area (Å²) in [5.41, 5.74) is 2.85. The minimum Gasteiger partial charge on any atom is -0.384 e. The summed E-state index contributed by atoms with van der Waals surface area (Å²) in [6.45, 7) is 2.02. The molecule has 3 aromatic rings. The molecule has 0 aliphatic carbocycles. The van der Waals surface area contributed by atoms with Crippen LogP contribution in [0, 0.1) is 5.82 Å². The molecule has 4 nitrogen and oxygen atoms in total. The van der Waals surface area contributed by atoms with Crippen molar-refractivity contribution in [3.63, 3.8) is 0 Å². The van der Waals surface area contributed by atoms with E-state index in [1.807, 2.05) is 24.4 Å². The van der Waals surface area contributed by atoms with Crippen LogP contribution in [-0.2, 0) is 10.2 Å². The number of nitrogens with one attached hydrogen (secondary N) is 2. The van der Waals surface area contributed by atoms with Gasteiger partial charge in [0.05, 0.1) is 18.3 Å². The Bertz CT molecular complexity index is 824. The molecule has 23 heavy (non-hydrogen) atoms. The third-order valence-corrected chi connectivity index (χ3v) is 4.61. The molecule has 1 fully saturated rings. The summed E-state index contributed by atoms with van der Waals surface area (Å²) in [6.07, 6.45) is 2.69. The Morgan fingerprint density at radius 2 is 2.22 bits per heavy atom. The van der Waals surface area contributed by atoms with Gasteiger partial charge < -0.3 is 10.1 Å². The molecule has 1 aliphatic rings. The summed E-state index contributed by atoms with van der Waals surface area (Å²) in [5, 5.41) is 11.5. The van der Waals surface area contributed by atoms with E-state index in [9.17, 15) is 4.39 Å². The second kappa shape index (κ2) is 5.66. The number of halogens is 1. The van der Waals surface area contributed by atoms with E-state index in [2.05, 4.69) is 21.6 Å². The number of H-pyrrole nitrogens is 1. The zero-order valence-electron chi connectivity index (χ0n) is 12.7. The Morgan fingerprint density at radius 3 is 3.04 bits per heavy atom. The fourth-order valence-corrected chi connectivity index (χ4v) is 3.22. The highest BCUT2D eigenvalue weighted by atomic mass is 19.1. The average molecular weight is 311 g/mol. The summed E-state index contributed by atoms with van der Waals surface area (Å²) in [4.78, 5) is 0. The molecule has 1 unspecified atom stereocenters. The fourth-order valence-electron chi connectivity index (χ4n) is 3.22. The van der Waals surface area contributed by atoms with Gasteiger partial charge in [-0.15, -0.1) is 0 Å². The van der Waals surface area contributed by atoms with Crippen molar-refractivity contribution in [3.05, 3.63) is 60.0 Å². The van der Waals surface area contributed by atoms with Gasteiger partial charge in [-0.2, -0.15) is 5.10 Å². The maximum atomic E-state index is 13.6. The Kier molecular flexibility index (Phi) is 3.50. The van der Waals surface area contributed by atoms with E-state index in [1.54, 1.807) is 12.1 Å². The Balaban J connectivity index is 1.59. The van der Waals surface area contributed by atoms with Crippen molar-refractivity contribution in [2.24, 2.45) is 0 Å². The Morgan fingerprint density at radius 1 is 1.26 bits per heavy atom. The van der Waals surface area contributed by atoms with Crippen molar-refractivity contribution >= 4 is 16.6 Å². The molecule has 1 saturated heterocycles. The Hall–Kier alpha value is -2.40. The van der Waals surface area contributed by atoms with Crippen LogP contribution in [0.2, 0.25) is 0 Å². The smallest absolute Gasteiger partial charge is 0.123 e. The lowest BCUT2D eigenvalue weighted by molar-refractivity contribution is 0.179. The number of hydrogen-bond acceptors (Lipinski definition) is 3. The lowest BCUT2D eigenvalue weighted by Gasteiger charge is -2.29. The normalized spacial score (nSPS) is 20.9. The number of fused-ring (bicyclic) bond motifs is 1. The van der Waals surface area contributed by atoms with Gasteiger partial charge in [0.15, 0.2) is 0 Å². The molecule has 2 aromatic carbocycles. The molecule has 0 bridgehead atoms. The zero-order chi connectivity index (χ0) is 15.7. The van der Waals surface area contributed by atoms with E-state index in [1.165, 1.54) is 6.07 Å². The molecule has 0 radical (unpaired) electrons. The minimum absolute atomic E-state index is 0.187. The predicted molar refractivity (Wildman–Crippen MR) is 88.1 cm³/mol. The van der Waals surface area contributed by atoms with Gasteiger partial charge in [-0.05, 0) is 42.3 Å². The molecule has 5 heteroatoms. The third kappa shape index (κ3) is 2.68. The van der Waals surface area contributed by atoms with Gasteiger partial charge in [0.25, 0.3) is 0 Å². The largest absolute Gasteiger partial charge is 0.384 e. The highest BCUT2D eigenvalue weighted by Gasteiger charge is 2.36. The number of benzene rings is 2. The van der Waals surface area contributed by atoms with Crippen LogP contribution in [0.5, 0.6) is 0 Å². The molecule has 2 heterocycles. The van der Waals surface area contributed by atoms with E-state index in [-0.39, 0.29) is 11.2 Å². The summed E-state index contributed by atoms with van der Waals surface area (Å²) < 4.78 is 19.2. The molecule has 1 aliphatic heterocycles. The van der Waals surface area contributed by atoms with Gasteiger partial charge in [-0.3, -0.25) is 5.10 Å². The first kappa shape index (κ1) is 14.2. The van der Waals surface area contributed by atoms with Crippen LogP contribution in [0.3, 0.4) is 0 Å². The van der Waals surface area contributed by atoms with Gasteiger partial charge in [0.2, 0.25) is 0 Å². The van der Waals surface area contributed by atoms with Crippen LogP contribution >= 0.6 is 0 Å². The van der Waals surface area contributed by atoms with Crippen LogP contribution in [0.1, 0.15) is 12.0 Å². The second-order valence-corrected chi connectivity index (χ2v) is 6.12. The molecule has 118 valence electrons. The maximum Gasteiger partial charge on any atom is 0.123 e. The van der Waals surface area contributed by atoms with E-state index < -0.39 is 0 Å². The molecule has 1 aromatic heterocycles. The van der Waals surface area contributed by atoms with Gasteiger partial charge in [-0.1, -0.05) is 12.1 Å². The Labute approximate surface area is 133 Å². The van der Waals surface area contributed by atoms with E-state index in [0.29, 0.717) is 19.8 Å². The molecular weight excluding hydrogens is 293 g/mol. The predicted octanol–water partition coefficient (Wildman–Crippen LogP) is 3.47. The lowest BCUT2D eigenvalue weighted by atomic mass is 9.79. The number of anilines is 1. The topological polar surface area (TPSA) is 49.9 Å². The standard InChI is InChI=1S/C18H18FN3O/c19-15-3-1-2-14(9-15)18(6-7-23-12-18)11-20-16-4-5-17-13(8-16)10-21-22-17/h1-5,8-10,20H,6-7,11-12H2,(H,21,22). The second-order valence-electron chi connectivity index (χ2n) is 6.12. The van der Waals surface area contributed by atoms with Crippen molar-refractivity contribution in [2.45, 2.75) is 11.8 Å². The number of aromatic amines is 1. The van der Waals surface area contributed by atoms with Gasteiger partial charge in [0.1, 0.15) is 5.82 Å². The van der Waals surface area contributed by atoms with Gasteiger partial charge in [0, 0.05) is 29.6 Å². The van der Waals surface area contributed by atoms with Crippen molar-refractivity contribution in [1.29, 1.82) is 0 Å². The van der Waals surface area contributed by atoms with E-state index >= 15 is 0 Å². The molecule has 0 spiro atoms. The average Bonchev–Trinajstić information content (AvgIpc) is 3.22. The van der Waals surface area contributed by atoms with Crippen LogP contribution in [0.4, 0.5) is 10.1 Å². The maximum absolute atomic E-state index is 13.6. The first-order valence-corrected chi connectivity index (χ1v) is 7.76. The SMILES string of the molecule is Fc1cccc(C2(CNc3ccc4[nH]ncc4c3)CCOC2)c1. The third-order valence-electron chi connectivity index (χ3n) is 4.61. The molecule has 4 rings (SSSR count). The highest BCUT2D eigenvalue weighted by molar-refractivity contribution is 5.81. The lowest BCUT2D eigenvalue weighted by Crippen LogP contribution is -2.35. The number of nitrogens with zero attached hydrogens (tertiary/aromatic N) is 1. The fraction of sp³-hybridized carbons (Fsp3) is 0.278. The minimum atomic E-state index is -0.200.